The minimum absolute atomic E-state index is 0.170. The second kappa shape index (κ2) is 5.07. The molecule has 13 heavy (non-hydrogen) atoms. The average Bonchev–Trinajstić information content (AvgIpc) is 1.99. The van der Waals surface area contributed by atoms with Gasteiger partial charge in [0.2, 0.25) is 0 Å². The van der Waals surface area contributed by atoms with Gasteiger partial charge in [-0.1, -0.05) is 13.5 Å². The Bertz CT molecular complexity index is 289. The molecule has 0 rings (SSSR count). The summed E-state index contributed by atoms with van der Waals surface area (Å²) >= 11 is 0. The SMILES string of the molecule is C=C(/C=C\N(C)C)S(=O)(=O)CCC. The first kappa shape index (κ1) is 12.2. The summed E-state index contributed by atoms with van der Waals surface area (Å²) in [6, 6.07) is 0. The van der Waals surface area contributed by atoms with E-state index in [0.29, 0.717) is 6.42 Å². The van der Waals surface area contributed by atoms with E-state index >= 15 is 0 Å². The third-order valence-corrected chi connectivity index (χ3v) is 3.31. The molecular weight excluding hydrogens is 186 g/mol. The van der Waals surface area contributed by atoms with Gasteiger partial charge in [0.15, 0.2) is 9.84 Å². The largest absolute Gasteiger partial charge is 0.383 e. The van der Waals surface area contributed by atoms with Gasteiger partial charge in [-0.2, -0.15) is 0 Å². The zero-order valence-electron chi connectivity index (χ0n) is 8.45. The molecule has 0 radical (unpaired) electrons. The lowest BCUT2D eigenvalue weighted by molar-refractivity contribution is 0.563. The van der Waals surface area contributed by atoms with E-state index in [1.165, 1.54) is 6.08 Å². The topological polar surface area (TPSA) is 37.4 Å². The second-order valence-electron chi connectivity index (χ2n) is 3.06. The Morgan fingerprint density at radius 1 is 1.46 bits per heavy atom. The van der Waals surface area contributed by atoms with Gasteiger partial charge in [-0.05, 0) is 18.7 Å². The van der Waals surface area contributed by atoms with Gasteiger partial charge in [0.1, 0.15) is 0 Å². The maximum atomic E-state index is 11.4. The van der Waals surface area contributed by atoms with Crippen LogP contribution in [-0.2, 0) is 9.84 Å². The fraction of sp³-hybridized carbons (Fsp3) is 0.556. The van der Waals surface area contributed by atoms with E-state index in [1.54, 1.807) is 11.1 Å². The number of rotatable bonds is 5. The fourth-order valence-corrected chi connectivity index (χ4v) is 1.80. The number of allylic oxidation sites excluding steroid dienone is 1. The first-order valence-corrected chi connectivity index (χ1v) is 5.81. The molecule has 0 aliphatic rings. The van der Waals surface area contributed by atoms with Crippen molar-refractivity contribution in [3.8, 4) is 0 Å². The van der Waals surface area contributed by atoms with E-state index in [9.17, 15) is 8.42 Å². The van der Waals surface area contributed by atoms with Crippen LogP contribution in [0.3, 0.4) is 0 Å². The third kappa shape index (κ3) is 4.72. The maximum Gasteiger partial charge on any atom is 0.177 e. The van der Waals surface area contributed by atoms with Crippen LogP contribution >= 0.6 is 0 Å². The van der Waals surface area contributed by atoms with Crippen LogP contribution < -0.4 is 0 Å². The molecule has 0 heterocycles. The summed E-state index contributed by atoms with van der Waals surface area (Å²) in [5.74, 6) is 0.170. The van der Waals surface area contributed by atoms with E-state index in [0.717, 1.165) is 0 Å². The molecule has 0 aliphatic carbocycles. The zero-order chi connectivity index (χ0) is 10.5. The van der Waals surface area contributed by atoms with Crippen LogP contribution in [-0.4, -0.2) is 33.2 Å². The molecule has 3 nitrogen and oxygen atoms in total. The van der Waals surface area contributed by atoms with E-state index in [4.69, 9.17) is 0 Å². The highest BCUT2D eigenvalue weighted by molar-refractivity contribution is 7.95. The Balaban J connectivity index is 4.44. The van der Waals surface area contributed by atoms with Crippen LogP contribution in [0, 0.1) is 0 Å². The number of hydrogen-bond acceptors (Lipinski definition) is 3. The first-order valence-electron chi connectivity index (χ1n) is 4.16. The summed E-state index contributed by atoms with van der Waals surface area (Å²) in [5.41, 5.74) is 0. The Kier molecular flexibility index (Phi) is 4.77. The van der Waals surface area contributed by atoms with Crippen molar-refractivity contribution in [3.63, 3.8) is 0 Å². The van der Waals surface area contributed by atoms with Gasteiger partial charge in [0.25, 0.3) is 0 Å². The standard InChI is InChI=1S/C9H17NO2S/c1-5-8-13(11,12)9(2)6-7-10(3)4/h6-7H,2,5,8H2,1,3-4H3/b7-6-. The lowest BCUT2D eigenvalue weighted by Gasteiger charge is -2.05. The van der Waals surface area contributed by atoms with Crippen molar-refractivity contribution in [2.75, 3.05) is 19.8 Å². The summed E-state index contributed by atoms with van der Waals surface area (Å²) < 4.78 is 22.7. The second-order valence-corrected chi connectivity index (χ2v) is 5.23. The highest BCUT2D eigenvalue weighted by atomic mass is 32.2. The molecule has 0 saturated carbocycles. The van der Waals surface area contributed by atoms with Crippen LogP contribution in [0.5, 0.6) is 0 Å². The quantitative estimate of drug-likeness (QED) is 0.634. The summed E-state index contributed by atoms with van der Waals surface area (Å²) in [5, 5.41) is 0. The van der Waals surface area contributed by atoms with Gasteiger partial charge >= 0.3 is 0 Å². The van der Waals surface area contributed by atoms with Gasteiger partial charge in [-0.3, -0.25) is 0 Å². The van der Waals surface area contributed by atoms with Crippen LogP contribution in [0.2, 0.25) is 0 Å². The van der Waals surface area contributed by atoms with Gasteiger partial charge < -0.3 is 4.90 Å². The zero-order valence-corrected chi connectivity index (χ0v) is 9.26. The molecule has 76 valence electrons. The third-order valence-electron chi connectivity index (χ3n) is 1.43. The van der Waals surface area contributed by atoms with Crippen molar-refractivity contribution in [3.05, 3.63) is 23.8 Å². The summed E-state index contributed by atoms with van der Waals surface area (Å²) in [7, 11) is 0.545. The Morgan fingerprint density at radius 2 is 2.00 bits per heavy atom. The molecule has 0 N–H and O–H groups in total. The molecule has 0 amide bonds. The highest BCUT2D eigenvalue weighted by Crippen LogP contribution is 2.07. The Labute approximate surface area is 80.7 Å². The van der Waals surface area contributed by atoms with Crippen LogP contribution in [0.25, 0.3) is 0 Å². The number of sulfone groups is 1. The Morgan fingerprint density at radius 3 is 2.38 bits per heavy atom. The van der Waals surface area contributed by atoms with Crippen molar-refractivity contribution >= 4 is 9.84 Å². The first-order chi connectivity index (χ1) is 5.90. The van der Waals surface area contributed by atoms with E-state index in [1.807, 2.05) is 21.0 Å². The minimum atomic E-state index is -3.11. The Hall–Kier alpha value is -0.770. The van der Waals surface area contributed by atoms with Gasteiger partial charge in [-0.15, -0.1) is 0 Å². The normalized spacial score (nSPS) is 11.9. The van der Waals surface area contributed by atoms with Crippen molar-refractivity contribution in [2.24, 2.45) is 0 Å². The predicted octanol–water partition coefficient (Wildman–Crippen LogP) is 1.40. The smallest absolute Gasteiger partial charge is 0.177 e. The molecule has 4 heteroatoms. The maximum absolute atomic E-state index is 11.4. The fourth-order valence-electron chi connectivity index (χ4n) is 0.736. The minimum Gasteiger partial charge on any atom is -0.383 e. The van der Waals surface area contributed by atoms with Crippen molar-refractivity contribution in [1.29, 1.82) is 0 Å². The van der Waals surface area contributed by atoms with E-state index in [-0.39, 0.29) is 10.7 Å². The summed E-state index contributed by atoms with van der Waals surface area (Å²) in [6.45, 7) is 5.35. The molecule has 0 aromatic carbocycles. The number of hydrogen-bond donors (Lipinski definition) is 0. The molecule has 0 fully saturated rings. The molecule has 0 spiro atoms. The van der Waals surface area contributed by atoms with Crippen LogP contribution in [0.1, 0.15) is 13.3 Å². The molecule has 0 saturated heterocycles. The monoisotopic (exact) mass is 203 g/mol. The van der Waals surface area contributed by atoms with Gasteiger partial charge in [-0.25, -0.2) is 8.42 Å². The highest BCUT2D eigenvalue weighted by Gasteiger charge is 2.10. The number of nitrogens with zero attached hydrogens (tertiary/aromatic N) is 1. The van der Waals surface area contributed by atoms with Crippen LogP contribution in [0.4, 0.5) is 0 Å². The summed E-state index contributed by atoms with van der Waals surface area (Å²) in [6.07, 6.45) is 3.82. The van der Waals surface area contributed by atoms with Crippen molar-refractivity contribution in [1.82, 2.24) is 4.90 Å². The van der Waals surface area contributed by atoms with Crippen LogP contribution in [0.15, 0.2) is 23.8 Å². The molecular formula is C9H17NO2S. The lowest BCUT2D eigenvalue weighted by Crippen LogP contribution is -2.07. The molecule has 0 unspecified atom stereocenters. The molecule has 0 aromatic heterocycles. The van der Waals surface area contributed by atoms with E-state index in [2.05, 4.69) is 6.58 Å². The average molecular weight is 203 g/mol. The summed E-state index contributed by atoms with van der Waals surface area (Å²) in [4.78, 5) is 1.95. The predicted molar refractivity (Wildman–Crippen MR) is 56.0 cm³/mol. The lowest BCUT2D eigenvalue weighted by atomic mass is 10.6. The molecule has 0 aromatic rings. The van der Waals surface area contributed by atoms with Crippen molar-refractivity contribution in [2.45, 2.75) is 13.3 Å². The molecule has 0 bridgehead atoms. The van der Waals surface area contributed by atoms with Crippen molar-refractivity contribution < 1.29 is 8.42 Å². The van der Waals surface area contributed by atoms with E-state index < -0.39 is 9.84 Å². The van der Waals surface area contributed by atoms with Gasteiger partial charge in [0, 0.05) is 14.1 Å². The van der Waals surface area contributed by atoms with Gasteiger partial charge in [0.05, 0.1) is 10.7 Å². The molecule has 0 atom stereocenters. The molecule has 0 aliphatic heterocycles.